The van der Waals surface area contributed by atoms with Gasteiger partial charge in [-0.15, -0.1) is 35.3 Å². The lowest BCUT2D eigenvalue weighted by atomic mass is 10.2. The molecule has 1 aromatic heterocycles. The minimum Gasteiger partial charge on any atom is -0.491 e. The third-order valence-corrected chi connectivity index (χ3v) is 4.33. The van der Waals surface area contributed by atoms with Crippen molar-refractivity contribution in [3.05, 3.63) is 45.9 Å². The molecule has 24 heavy (non-hydrogen) atoms. The molecule has 1 N–H and O–H groups in total. The number of ether oxygens (including phenoxy) is 1. The van der Waals surface area contributed by atoms with Gasteiger partial charge in [0.2, 0.25) is 0 Å². The van der Waals surface area contributed by atoms with Gasteiger partial charge < -0.3 is 15.0 Å². The number of hydrogen-bond acceptors (Lipinski definition) is 4. The smallest absolute Gasteiger partial charge is 0.193 e. The van der Waals surface area contributed by atoms with E-state index in [1.807, 2.05) is 31.4 Å². The lowest BCUT2D eigenvalue weighted by Crippen LogP contribution is -2.40. The molecule has 1 heterocycles. The highest BCUT2D eigenvalue weighted by Crippen LogP contribution is 2.15. The zero-order valence-electron chi connectivity index (χ0n) is 14.6. The minimum absolute atomic E-state index is 0. The fraction of sp³-hybridized carbons (Fsp3) is 0.412. The normalized spacial score (nSPS) is 10.9. The zero-order chi connectivity index (χ0) is 16.7. The molecule has 0 saturated carbocycles. The van der Waals surface area contributed by atoms with Crippen molar-refractivity contribution in [1.29, 1.82) is 0 Å². The second-order valence-corrected chi connectivity index (χ2v) is 6.62. The molecule has 2 rings (SSSR count). The monoisotopic (exact) mass is 460 g/mol. The van der Waals surface area contributed by atoms with Crippen LogP contribution in [0.15, 0.2) is 35.5 Å². The van der Waals surface area contributed by atoms with E-state index in [0.717, 1.165) is 28.8 Å². The van der Waals surface area contributed by atoms with Crippen molar-refractivity contribution in [1.82, 2.24) is 15.2 Å². The van der Waals surface area contributed by atoms with E-state index in [0.29, 0.717) is 13.2 Å². The second kappa shape index (κ2) is 10.5. The first kappa shape index (κ1) is 20.7. The number of aromatic nitrogens is 1. The van der Waals surface area contributed by atoms with Gasteiger partial charge in [-0.3, -0.25) is 4.99 Å². The number of rotatable bonds is 6. The Morgan fingerprint density at radius 1 is 1.33 bits per heavy atom. The van der Waals surface area contributed by atoms with E-state index >= 15 is 0 Å². The predicted molar refractivity (Wildman–Crippen MR) is 112 cm³/mol. The Morgan fingerprint density at radius 2 is 2.08 bits per heavy atom. The fourth-order valence-corrected chi connectivity index (χ4v) is 2.87. The van der Waals surface area contributed by atoms with Crippen molar-refractivity contribution < 1.29 is 4.74 Å². The molecule has 5 nitrogen and oxygen atoms in total. The number of nitrogens with zero attached hydrogens (tertiary/aromatic N) is 3. The van der Waals surface area contributed by atoms with Gasteiger partial charge in [0.1, 0.15) is 17.4 Å². The van der Waals surface area contributed by atoms with E-state index in [1.165, 1.54) is 4.88 Å². The first-order valence-electron chi connectivity index (χ1n) is 7.61. The molecule has 0 aliphatic carbocycles. The summed E-state index contributed by atoms with van der Waals surface area (Å²) in [7, 11) is 3.79. The molecule has 132 valence electrons. The van der Waals surface area contributed by atoms with Crippen LogP contribution in [0.2, 0.25) is 0 Å². The highest BCUT2D eigenvalue weighted by molar-refractivity contribution is 14.0. The van der Waals surface area contributed by atoms with Gasteiger partial charge in [0, 0.05) is 25.2 Å². The van der Waals surface area contributed by atoms with Crippen molar-refractivity contribution in [3.8, 4) is 5.75 Å². The zero-order valence-corrected chi connectivity index (χ0v) is 17.7. The Balaban J connectivity index is 0.00000288. The largest absolute Gasteiger partial charge is 0.491 e. The summed E-state index contributed by atoms with van der Waals surface area (Å²) in [5, 5.41) is 4.39. The molecular formula is C17H25IN4OS. The maximum atomic E-state index is 5.83. The van der Waals surface area contributed by atoms with Crippen LogP contribution in [-0.2, 0) is 6.54 Å². The molecular weight excluding hydrogens is 435 g/mol. The first-order valence-corrected chi connectivity index (χ1v) is 8.43. The van der Waals surface area contributed by atoms with Gasteiger partial charge in [0.15, 0.2) is 5.96 Å². The highest BCUT2D eigenvalue weighted by Gasteiger charge is 2.07. The van der Waals surface area contributed by atoms with E-state index in [1.54, 1.807) is 18.4 Å². The Labute approximate surface area is 165 Å². The number of guanidine groups is 1. The molecule has 0 saturated heterocycles. The Hall–Kier alpha value is -1.35. The summed E-state index contributed by atoms with van der Waals surface area (Å²) in [5.74, 6) is 1.77. The number of para-hydroxylation sites is 1. The summed E-state index contributed by atoms with van der Waals surface area (Å²) in [5.41, 5.74) is 1.15. The molecule has 0 spiro atoms. The van der Waals surface area contributed by atoms with Crippen molar-refractivity contribution >= 4 is 41.3 Å². The van der Waals surface area contributed by atoms with Crippen LogP contribution in [0.1, 0.15) is 15.4 Å². The lowest BCUT2D eigenvalue weighted by Gasteiger charge is -2.22. The number of halogens is 1. The maximum absolute atomic E-state index is 5.83. The number of aryl methyl sites for hydroxylation is 2. The standard InChI is InChI=1S/C17H24N4OS.HI/c1-13-7-5-6-8-15(13)22-10-9-21(4)17(18-3)20-12-16-19-11-14(2)23-16;/h5-8,11H,9-10,12H2,1-4H3,(H,18,20);1H. The predicted octanol–water partition coefficient (Wildman–Crippen LogP) is 3.46. The molecule has 0 fully saturated rings. The van der Waals surface area contributed by atoms with Gasteiger partial charge in [-0.2, -0.15) is 0 Å². The van der Waals surface area contributed by atoms with Crippen molar-refractivity contribution in [2.75, 3.05) is 27.2 Å². The summed E-state index contributed by atoms with van der Waals surface area (Å²) in [6, 6.07) is 8.05. The third kappa shape index (κ3) is 6.27. The molecule has 1 aromatic carbocycles. The summed E-state index contributed by atoms with van der Waals surface area (Å²) in [4.78, 5) is 11.9. The van der Waals surface area contributed by atoms with Crippen LogP contribution in [-0.4, -0.2) is 43.1 Å². The Morgan fingerprint density at radius 3 is 2.71 bits per heavy atom. The molecule has 0 amide bonds. The van der Waals surface area contributed by atoms with Crippen LogP contribution in [0.3, 0.4) is 0 Å². The van der Waals surface area contributed by atoms with Crippen molar-refractivity contribution in [2.24, 2.45) is 4.99 Å². The number of nitrogens with one attached hydrogen (secondary N) is 1. The average Bonchev–Trinajstić information content (AvgIpc) is 2.95. The van der Waals surface area contributed by atoms with Crippen molar-refractivity contribution in [3.63, 3.8) is 0 Å². The Kier molecular flexibility index (Phi) is 9.05. The first-order chi connectivity index (χ1) is 11.1. The molecule has 0 unspecified atom stereocenters. The number of benzene rings is 1. The van der Waals surface area contributed by atoms with Crippen LogP contribution in [0.5, 0.6) is 5.75 Å². The van der Waals surface area contributed by atoms with E-state index in [4.69, 9.17) is 4.74 Å². The number of likely N-dealkylation sites (N-methyl/N-ethyl adjacent to an activating group) is 1. The van der Waals surface area contributed by atoms with Crippen LogP contribution < -0.4 is 10.1 Å². The number of thiazole rings is 1. The molecule has 0 aliphatic rings. The summed E-state index contributed by atoms with van der Waals surface area (Å²) in [6.45, 7) is 6.16. The SMILES string of the molecule is CN=C(NCc1ncc(C)s1)N(C)CCOc1ccccc1C.I. The van der Waals surface area contributed by atoms with E-state index in [9.17, 15) is 0 Å². The van der Waals surface area contributed by atoms with Gasteiger partial charge in [0.25, 0.3) is 0 Å². The van der Waals surface area contributed by atoms with E-state index in [2.05, 4.69) is 40.1 Å². The van der Waals surface area contributed by atoms with Crippen LogP contribution in [0, 0.1) is 13.8 Å². The quantitative estimate of drug-likeness (QED) is 0.408. The van der Waals surface area contributed by atoms with Gasteiger partial charge in [-0.25, -0.2) is 4.98 Å². The van der Waals surface area contributed by atoms with Crippen LogP contribution in [0.25, 0.3) is 0 Å². The molecule has 2 aromatic rings. The summed E-state index contributed by atoms with van der Waals surface area (Å²) >= 11 is 1.70. The van der Waals surface area contributed by atoms with Crippen LogP contribution >= 0.6 is 35.3 Å². The fourth-order valence-electron chi connectivity index (χ4n) is 2.14. The van der Waals surface area contributed by atoms with Crippen molar-refractivity contribution in [2.45, 2.75) is 20.4 Å². The minimum atomic E-state index is 0. The average molecular weight is 460 g/mol. The molecule has 7 heteroatoms. The van der Waals surface area contributed by atoms with Gasteiger partial charge in [0.05, 0.1) is 13.1 Å². The van der Waals surface area contributed by atoms with Gasteiger partial charge >= 0.3 is 0 Å². The molecule has 0 atom stereocenters. The summed E-state index contributed by atoms with van der Waals surface area (Å²) in [6.07, 6.45) is 1.89. The van der Waals surface area contributed by atoms with E-state index < -0.39 is 0 Å². The number of hydrogen-bond donors (Lipinski definition) is 1. The molecule has 0 aliphatic heterocycles. The topological polar surface area (TPSA) is 49.8 Å². The van der Waals surface area contributed by atoms with E-state index in [-0.39, 0.29) is 24.0 Å². The number of aliphatic imine (C=N–C) groups is 1. The molecule has 0 radical (unpaired) electrons. The maximum Gasteiger partial charge on any atom is 0.193 e. The van der Waals surface area contributed by atoms with Gasteiger partial charge in [-0.05, 0) is 25.5 Å². The molecule has 0 bridgehead atoms. The second-order valence-electron chi connectivity index (χ2n) is 5.30. The van der Waals surface area contributed by atoms with Gasteiger partial charge in [-0.1, -0.05) is 18.2 Å². The summed E-state index contributed by atoms with van der Waals surface area (Å²) < 4.78 is 5.83. The Bertz CT molecular complexity index is 660. The van der Waals surface area contributed by atoms with Crippen LogP contribution in [0.4, 0.5) is 0 Å². The highest BCUT2D eigenvalue weighted by atomic mass is 127. The lowest BCUT2D eigenvalue weighted by molar-refractivity contribution is 0.280. The third-order valence-electron chi connectivity index (χ3n) is 3.42.